The van der Waals surface area contributed by atoms with E-state index in [0.717, 1.165) is 13.1 Å². The highest BCUT2D eigenvalue weighted by Crippen LogP contribution is 2.17. The Morgan fingerprint density at radius 2 is 2.12 bits per heavy atom. The molecule has 0 radical (unpaired) electrons. The molecule has 0 spiro atoms. The van der Waals surface area contributed by atoms with Crippen LogP contribution < -0.4 is 5.32 Å². The van der Waals surface area contributed by atoms with Gasteiger partial charge in [-0.05, 0) is 25.6 Å². The van der Waals surface area contributed by atoms with Crippen molar-refractivity contribution in [1.29, 1.82) is 0 Å². The summed E-state index contributed by atoms with van der Waals surface area (Å²) in [6, 6.07) is 4.30. The molecule has 1 heterocycles. The molecule has 4 heteroatoms. The number of hydrogen-bond acceptors (Lipinski definition) is 4. The zero-order valence-corrected chi connectivity index (χ0v) is 11.1. The van der Waals surface area contributed by atoms with Crippen molar-refractivity contribution in [2.75, 3.05) is 20.3 Å². The highest BCUT2D eigenvalue weighted by molar-refractivity contribution is 7.11. The van der Waals surface area contributed by atoms with Gasteiger partial charge in [-0.3, -0.25) is 0 Å². The van der Waals surface area contributed by atoms with Crippen molar-refractivity contribution in [3.05, 3.63) is 21.9 Å². The molecule has 0 bridgehead atoms. The Labute approximate surface area is 102 Å². The monoisotopic (exact) mass is 243 g/mol. The molecule has 3 nitrogen and oxygen atoms in total. The third-order valence-electron chi connectivity index (χ3n) is 2.18. The Balaban J connectivity index is 2.28. The molecule has 16 heavy (non-hydrogen) atoms. The lowest BCUT2D eigenvalue weighted by atomic mass is 10.4. The minimum atomic E-state index is 0.157. The van der Waals surface area contributed by atoms with E-state index in [1.165, 1.54) is 9.75 Å². The van der Waals surface area contributed by atoms with Gasteiger partial charge in [0, 0.05) is 23.4 Å². The topological polar surface area (TPSA) is 30.5 Å². The van der Waals surface area contributed by atoms with Crippen LogP contribution in [-0.2, 0) is 22.6 Å². The summed E-state index contributed by atoms with van der Waals surface area (Å²) in [5.41, 5.74) is 0. The molecule has 0 saturated heterocycles. The molecule has 1 aromatic rings. The summed E-state index contributed by atoms with van der Waals surface area (Å²) in [5.74, 6) is 0. The van der Waals surface area contributed by atoms with Crippen LogP contribution >= 0.6 is 11.3 Å². The van der Waals surface area contributed by atoms with Crippen LogP contribution in [0.3, 0.4) is 0 Å². The summed E-state index contributed by atoms with van der Waals surface area (Å²) in [6.45, 7) is 7.43. The Morgan fingerprint density at radius 1 is 1.38 bits per heavy atom. The van der Waals surface area contributed by atoms with E-state index < -0.39 is 0 Å². The summed E-state index contributed by atoms with van der Waals surface area (Å²) in [4.78, 5) is 2.63. The Bertz CT molecular complexity index is 288. The van der Waals surface area contributed by atoms with Crippen LogP contribution in [0.15, 0.2) is 12.1 Å². The van der Waals surface area contributed by atoms with E-state index in [4.69, 9.17) is 9.47 Å². The number of hydrogen-bond donors (Lipinski definition) is 1. The third-order valence-corrected chi connectivity index (χ3v) is 3.24. The third kappa shape index (κ3) is 5.07. The molecule has 1 unspecified atom stereocenters. The lowest BCUT2D eigenvalue weighted by Gasteiger charge is -2.10. The summed E-state index contributed by atoms with van der Waals surface area (Å²) < 4.78 is 10.7. The lowest BCUT2D eigenvalue weighted by molar-refractivity contribution is 0.000927. The first-order valence-corrected chi connectivity index (χ1v) is 6.46. The van der Waals surface area contributed by atoms with Crippen molar-refractivity contribution in [1.82, 2.24) is 5.32 Å². The molecule has 0 fully saturated rings. The number of thiophene rings is 1. The van der Waals surface area contributed by atoms with Gasteiger partial charge in [-0.15, -0.1) is 11.3 Å². The van der Waals surface area contributed by atoms with Gasteiger partial charge in [-0.1, -0.05) is 6.92 Å². The second-order valence-electron chi connectivity index (χ2n) is 3.73. The molecular formula is C12H21NO2S. The molecule has 1 atom stereocenters. The molecule has 1 aromatic heterocycles. The molecule has 1 rings (SSSR count). The van der Waals surface area contributed by atoms with Gasteiger partial charge in [0.2, 0.25) is 0 Å². The van der Waals surface area contributed by atoms with Crippen LogP contribution in [0.25, 0.3) is 0 Å². The lowest BCUT2D eigenvalue weighted by Crippen LogP contribution is -2.14. The van der Waals surface area contributed by atoms with E-state index in [0.29, 0.717) is 13.2 Å². The quantitative estimate of drug-likeness (QED) is 0.760. The predicted octanol–water partition coefficient (Wildman–Crippen LogP) is 2.41. The first kappa shape index (κ1) is 13.6. The minimum Gasteiger partial charge on any atom is -0.382 e. The van der Waals surface area contributed by atoms with Crippen LogP contribution in [0.2, 0.25) is 0 Å². The standard InChI is InChI=1S/C12H21NO2S/c1-4-13-7-11-5-6-12(16-11)9-15-10(2)8-14-3/h5-6,10,13H,4,7-9H2,1-3H3. The highest BCUT2D eigenvalue weighted by atomic mass is 32.1. The van der Waals surface area contributed by atoms with Gasteiger partial charge in [0.25, 0.3) is 0 Å². The maximum atomic E-state index is 5.65. The summed E-state index contributed by atoms with van der Waals surface area (Å²) in [6.07, 6.45) is 0.157. The van der Waals surface area contributed by atoms with Crippen LogP contribution in [0.5, 0.6) is 0 Å². The number of methoxy groups -OCH3 is 1. The Kier molecular flexibility index (Phi) is 6.64. The van der Waals surface area contributed by atoms with Gasteiger partial charge in [0.15, 0.2) is 0 Å². The Morgan fingerprint density at radius 3 is 2.81 bits per heavy atom. The molecule has 0 aromatic carbocycles. The second-order valence-corrected chi connectivity index (χ2v) is 4.98. The minimum absolute atomic E-state index is 0.157. The van der Waals surface area contributed by atoms with Crippen LogP contribution in [-0.4, -0.2) is 26.4 Å². The predicted molar refractivity (Wildman–Crippen MR) is 67.8 cm³/mol. The first-order valence-electron chi connectivity index (χ1n) is 5.65. The molecule has 0 aliphatic carbocycles. The molecule has 1 N–H and O–H groups in total. The van der Waals surface area contributed by atoms with Crippen LogP contribution in [0, 0.1) is 0 Å². The second kappa shape index (κ2) is 7.79. The largest absolute Gasteiger partial charge is 0.382 e. The van der Waals surface area contributed by atoms with E-state index in [-0.39, 0.29) is 6.10 Å². The number of rotatable bonds is 8. The van der Waals surface area contributed by atoms with Crippen molar-refractivity contribution < 1.29 is 9.47 Å². The van der Waals surface area contributed by atoms with Crippen molar-refractivity contribution in [3.8, 4) is 0 Å². The van der Waals surface area contributed by atoms with Crippen molar-refractivity contribution in [2.24, 2.45) is 0 Å². The van der Waals surface area contributed by atoms with Crippen molar-refractivity contribution >= 4 is 11.3 Å². The fraction of sp³-hybridized carbons (Fsp3) is 0.667. The number of ether oxygens (including phenoxy) is 2. The SMILES string of the molecule is CCNCc1ccc(COC(C)COC)s1. The van der Waals surface area contributed by atoms with Crippen LogP contribution in [0.1, 0.15) is 23.6 Å². The van der Waals surface area contributed by atoms with E-state index in [1.807, 2.05) is 6.92 Å². The highest BCUT2D eigenvalue weighted by Gasteiger charge is 2.04. The average molecular weight is 243 g/mol. The van der Waals surface area contributed by atoms with Crippen molar-refractivity contribution in [2.45, 2.75) is 33.1 Å². The molecule has 0 aliphatic heterocycles. The van der Waals surface area contributed by atoms with E-state index in [2.05, 4.69) is 24.4 Å². The van der Waals surface area contributed by atoms with Gasteiger partial charge < -0.3 is 14.8 Å². The summed E-state index contributed by atoms with van der Waals surface area (Å²) in [7, 11) is 1.69. The molecule has 0 aliphatic rings. The van der Waals surface area contributed by atoms with Gasteiger partial charge in [-0.2, -0.15) is 0 Å². The van der Waals surface area contributed by atoms with Crippen LogP contribution in [0.4, 0.5) is 0 Å². The van der Waals surface area contributed by atoms with Gasteiger partial charge >= 0.3 is 0 Å². The fourth-order valence-corrected chi connectivity index (χ4v) is 2.26. The summed E-state index contributed by atoms with van der Waals surface area (Å²) in [5, 5.41) is 3.31. The smallest absolute Gasteiger partial charge is 0.0814 e. The van der Waals surface area contributed by atoms with E-state index in [1.54, 1.807) is 18.4 Å². The van der Waals surface area contributed by atoms with Gasteiger partial charge in [-0.25, -0.2) is 0 Å². The van der Waals surface area contributed by atoms with E-state index >= 15 is 0 Å². The molecular weight excluding hydrogens is 222 g/mol. The van der Waals surface area contributed by atoms with Crippen molar-refractivity contribution in [3.63, 3.8) is 0 Å². The molecule has 0 saturated carbocycles. The number of nitrogens with one attached hydrogen (secondary N) is 1. The zero-order chi connectivity index (χ0) is 11.8. The zero-order valence-electron chi connectivity index (χ0n) is 10.3. The molecule has 92 valence electrons. The maximum absolute atomic E-state index is 5.65. The first-order chi connectivity index (χ1) is 7.76. The van der Waals surface area contributed by atoms with Gasteiger partial charge in [0.1, 0.15) is 0 Å². The normalized spacial score (nSPS) is 12.9. The summed E-state index contributed by atoms with van der Waals surface area (Å²) >= 11 is 1.80. The Hall–Kier alpha value is -0.420. The maximum Gasteiger partial charge on any atom is 0.0814 e. The fourth-order valence-electron chi connectivity index (χ4n) is 1.35. The van der Waals surface area contributed by atoms with Gasteiger partial charge in [0.05, 0.1) is 19.3 Å². The average Bonchev–Trinajstić information content (AvgIpc) is 2.72. The molecule has 0 amide bonds. The van der Waals surface area contributed by atoms with E-state index in [9.17, 15) is 0 Å².